The van der Waals surface area contributed by atoms with Gasteiger partial charge in [-0.2, -0.15) is 0 Å². The minimum absolute atomic E-state index is 0.230. The molecule has 2 unspecified atom stereocenters. The molecule has 2 saturated heterocycles. The van der Waals surface area contributed by atoms with Gasteiger partial charge in [0.15, 0.2) is 0 Å². The molecule has 3 fully saturated rings. The molecule has 3 aliphatic heterocycles. The van der Waals surface area contributed by atoms with Crippen LogP contribution in [0.15, 0.2) is 30.3 Å². The molecule has 1 aliphatic carbocycles. The van der Waals surface area contributed by atoms with Gasteiger partial charge in [0.05, 0.1) is 16.6 Å². The normalized spacial score (nSPS) is 28.1. The summed E-state index contributed by atoms with van der Waals surface area (Å²) >= 11 is 25.5. The SMILES string of the molecule is O=C(O)[C@@H]1C(C(=O)N(CC2CCCC2)c2cc(Cl)cc(Cl)c2)[C@@H]2CCCN2C12C(=O)Nc1c(Cl)cc(Cl)cc12. The van der Waals surface area contributed by atoms with Crippen LogP contribution in [0.2, 0.25) is 20.1 Å². The van der Waals surface area contributed by atoms with Crippen molar-refractivity contribution in [1.82, 2.24) is 4.90 Å². The number of halogens is 4. The second-order valence-corrected chi connectivity index (χ2v) is 12.7. The maximum atomic E-state index is 14.7. The minimum Gasteiger partial charge on any atom is -0.481 e. The van der Waals surface area contributed by atoms with E-state index in [-0.39, 0.29) is 16.8 Å². The fourth-order valence-electron chi connectivity index (χ4n) is 7.48. The molecule has 39 heavy (non-hydrogen) atoms. The number of amides is 2. The molecule has 206 valence electrons. The Balaban J connectivity index is 1.50. The Kier molecular flexibility index (Phi) is 7.04. The zero-order chi connectivity index (χ0) is 27.6. The van der Waals surface area contributed by atoms with Crippen LogP contribution < -0.4 is 10.2 Å². The van der Waals surface area contributed by atoms with E-state index in [1.54, 1.807) is 29.2 Å². The maximum absolute atomic E-state index is 14.7. The lowest BCUT2D eigenvalue weighted by Gasteiger charge is -2.35. The molecule has 11 heteroatoms. The zero-order valence-corrected chi connectivity index (χ0v) is 24.0. The Morgan fingerprint density at radius 1 is 0.974 bits per heavy atom. The van der Waals surface area contributed by atoms with Crippen molar-refractivity contribution in [2.24, 2.45) is 17.8 Å². The van der Waals surface area contributed by atoms with Crippen LogP contribution in [0, 0.1) is 17.8 Å². The van der Waals surface area contributed by atoms with Gasteiger partial charge >= 0.3 is 5.97 Å². The third kappa shape index (κ3) is 4.24. The molecule has 0 bridgehead atoms. The maximum Gasteiger partial charge on any atom is 0.310 e. The number of aliphatic carboxylic acids is 1. The number of carboxylic acids is 1. The number of hydrogen-bond acceptors (Lipinski definition) is 4. The van der Waals surface area contributed by atoms with Crippen LogP contribution in [0.3, 0.4) is 0 Å². The average Bonchev–Trinajstić information content (AvgIpc) is 3.63. The fourth-order valence-corrected chi connectivity index (χ4v) is 8.53. The van der Waals surface area contributed by atoms with Gasteiger partial charge in [-0.05, 0) is 68.5 Å². The number of nitrogens with zero attached hydrogens (tertiary/aromatic N) is 2. The van der Waals surface area contributed by atoms with Gasteiger partial charge in [0, 0.05) is 38.9 Å². The molecule has 1 saturated carbocycles. The van der Waals surface area contributed by atoms with Crippen LogP contribution in [0.25, 0.3) is 0 Å². The van der Waals surface area contributed by atoms with Crippen molar-refractivity contribution < 1.29 is 19.5 Å². The smallest absolute Gasteiger partial charge is 0.310 e. The van der Waals surface area contributed by atoms with Crippen molar-refractivity contribution in [2.75, 3.05) is 23.3 Å². The van der Waals surface area contributed by atoms with E-state index < -0.39 is 35.3 Å². The number of benzene rings is 2. The van der Waals surface area contributed by atoms with E-state index in [0.29, 0.717) is 51.5 Å². The quantitative estimate of drug-likeness (QED) is 0.405. The Hall–Kier alpha value is -2.03. The third-order valence-electron chi connectivity index (χ3n) is 8.92. The number of carbonyl (C=O) groups is 3. The average molecular weight is 611 g/mol. The molecule has 2 amide bonds. The molecular weight excluding hydrogens is 584 g/mol. The van der Waals surface area contributed by atoms with Crippen molar-refractivity contribution in [1.29, 1.82) is 0 Å². The van der Waals surface area contributed by atoms with Crippen molar-refractivity contribution in [2.45, 2.75) is 50.1 Å². The summed E-state index contributed by atoms with van der Waals surface area (Å²) in [6, 6.07) is 7.64. The molecule has 3 heterocycles. The van der Waals surface area contributed by atoms with Crippen molar-refractivity contribution in [3.8, 4) is 0 Å². The second kappa shape index (κ2) is 10.1. The Morgan fingerprint density at radius 3 is 2.31 bits per heavy atom. The van der Waals surface area contributed by atoms with E-state index in [4.69, 9.17) is 46.4 Å². The first kappa shape index (κ1) is 27.2. The Morgan fingerprint density at radius 2 is 1.64 bits per heavy atom. The first-order chi connectivity index (χ1) is 18.6. The van der Waals surface area contributed by atoms with Crippen LogP contribution >= 0.6 is 46.4 Å². The first-order valence-electron chi connectivity index (χ1n) is 13.2. The summed E-state index contributed by atoms with van der Waals surface area (Å²) < 4.78 is 0. The van der Waals surface area contributed by atoms with E-state index in [0.717, 1.165) is 32.1 Å². The third-order valence-corrected chi connectivity index (χ3v) is 9.87. The number of carbonyl (C=O) groups excluding carboxylic acids is 2. The van der Waals surface area contributed by atoms with Crippen LogP contribution in [0.1, 0.15) is 44.1 Å². The lowest BCUT2D eigenvalue weighted by atomic mass is 9.73. The van der Waals surface area contributed by atoms with Gasteiger partial charge in [-0.15, -0.1) is 0 Å². The molecule has 0 radical (unpaired) electrons. The molecular formula is C28H27Cl4N3O4. The fraction of sp³-hybridized carbons (Fsp3) is 0.464. The van der Waals surface area contributed by atoms with E-state index in [1.807, 2.05) is 4.90 Å². The summed E-state index contributed by atoms with van der Waals surface area (Å²) in [7, 11) is 0. The first-order valence-corrected chi connectivity index (χ1v) is 14.7. The summed E-state index contributed by atoms with van der Waals surface area (Å²) in [5, 5.41) is 14.8. The minimum atomic E-state index is -1.61. The number of fused-ring (bicyclic) bond motifs is 4. The molecule has 4 aliphatic rings. The van der Waals surface area contributed by atoms with Crippen LogP contribution in [0.4, 0.5) is 11.4 Å². The zero-order valence-electron chi connectivity index (χ0n) is 20.9. The molecule has 7 nitrogen and oxygen atoms in total. The predicted molar refractivity (Wildman–Crippen MR) is 152 cm³/mol. The molecule has 2 aromatic carbocycles. The van der Waals surface area contributed by atoms with E-state index >= 15 is 0 Å². The highest BCUT2D eigenvalue weighted by atomic mass is 35.5. The summed E-state index contributed by atoms with van der Waals surface area (Å²) in [5.74, 6) is -4.12. The summed E-state index contributed by atoms with van der Waals surface area (Å²) in [6.45, 7) is 0.902. The Bertz CT molecular complexity index is 1360. The molecule has 2 N–H and O–H groups in total. The van der Waals surface area contributed by atoms with E-state index in [9.17, 15) is 19.5 Å². The molecule has 2 aromatic rings. The van der Waals surface area contributed by atoms with Gasteiger partial charge in [-0.1, -0.05) is 59.2 Å². The lowest BCUT2D eigenvalue weighted by Crippen LogP contribution is -2.53. The molecule has 1 spiro atoms. The monoisotopic (exact) mass is 609 g/mol. The van der Waals surface area contributed by atoms with Gasteiger partial charge in [0.1, 0.15) is 11.5 Å². The predicted octanol–water partition coefficient (Wildman–Crippen LogP) is 6.47. The van der Waals surface area contributed by atoms with Gasteiger partial charge in [0.25, 0.3) is 5.91 Å². The van der Waals surface area contributed by atoms with Gasteiger partial charge in [-0.25, -0.2) is 0 Å². The highest BCUT2D eigenvalue weighted by Crippen LogP contribution is 2.59. The van der Waals surface area contributed by atoms with Crippen LogP contribution in [0.5, 0.6) is 0 Å². The standard InChI is InChI=1S/C28H27Cl4N3O4/c29-15-8-16(30)10-18(9-15)34(13-14-4-1-2-5-14)25(36)22-21-6-3-7-35(21)28(23(22)26(37)38)19-11-17(31)12-20(32)24(19)33-27(28)39/h8-12,14,21-23H,1-7,13H2,(H,33,39)(H,37,38)/t21-,22?,23-,28?/m0/s1. The molecule has 4 atom stereocenters. The highest BCUT2D eigenvalue weighted by molar-refractivity contribution is 6.38. The number of nitrogens with one attached hydrogen (secondary N) is 1. The van der Waals surface area contributed by atoms with Crippen LogP contribution in [-0.2, 0) is 19.9 Å². The van der Waals surface area contributed by atoms with E-state index in [2.05, 4.69) is 5.32 Å². The number of carboxylic acid groups (broad SMARTS) is 1. The number of anilines is 2. The van der Waals surface area contributed by atoms with Gasteiger partial charge < -0.3 is 15.3 Å². The number of rotatable bonds is 5. The second-order valence-electron chi connectivity index (χ2n) is 11.0. The Labute approximate surface area is 246 Å². The van der Waals surface area contributed by atoms with Gasteiger partial charge in [-0.3, -0.25) is 19.3 Å². The van der Waals surface area contributed by atoms with Crippen LogP contribution in [-0.4, -0.2) is 46.9 Å². The molecule has 0 aromatic heterocycles. The van der Waals surface area contributed by atoms with Gasteiger partial charge in [0.2, 0.25) is 5.91 Å². The largest absolute Gasteiger partial charge is 0.481 e. The molecule has 6 rings (SSSR count). The van der Waals surface area contributed by atoms with Crippen molar-refractivity contribution in [3.05, 3.63) is 56.0 Å². The summed E-state index contributed by atoms with van der Waals surface area (Å²) in [4.78, 5) is 45.3. The summed E-state index contributed by atoms with van der Waals surface area (Å²) in [6.07, 6.45) is 5.45. The summed E-state index contributed by atoms with van der Waals surface area (Å²) in [5.41, 5.74) is -0.322. The topological polar surface area (TPSA) is 90.0 Å². The lowest BCUT2D eigenvalue weighted by molar-refractivity contribution is -0.152. The number of hydrogen-bond donors (Lipinski definition) is 2. The van der Waals surface area contributed by atoms with Crippen molar-refractivity contribution >= 4 is 75.6 Å². The highest BCUT2D eigenvalue weighted by Gasteiger charge is 2.71. The van der Waals surface area contributed by atoms with E-state index in [1.165, 1.54) is 6.07 Å². The van der Waals surface area contributed by atoms with Crippen molar-refractivity contribution in [3.63, 3.8) is 0 Å².